The zero-order valence-corrected chi connectivity index (χ0v) is 10.8. The molecule has 0 bridgehead atoms. The van der Waals surface area contributed by atoms with E-state index in [1.165, 1.54) is 5.56 Å². The molecule has 1 aliphatic rings. The van der Waals surface area contributed by atoms with Gasteiger partial charge in [-0.25, -0.2) is 0 Å². The summed E-state index contributed by atoms with van der Waals surface area (Å²) in [4.78, 5) is 14.4. The molecule has 1 aliphatic carbocycles. The summed E-state index contributed by atoms with van der Waals surface area (Å²) in [6, 6.07) is 6.41. The van der Waals surface area contributed by atoms with Gasteiger partial charge in [-0.1, -0.05) is 6.07 Å². The summed E-state index contributed by atoms with van der Waals surface area (Å²) in [6.45, 7) is 4.87. The number of anilines is 1. The number of carbonyl (C=O) groups excluding carboxylic acids is 1. The first-order chi connectivity index (χ1) is 8.17. The Morgan fingerprint density at radius 1 is 1.47 bits per heavy atom. The maximum atomic E-state index is 12.4. The van der Waals surface area contributed by atoms with E-state index < -0.39 is 0 Å². The molecule has 1 aromatic rings. The van der Waals surface area contributed by atoms with Crippen molar-refractivity contribution in [2.45, 2.75) is 32.7 Å². The lowest BCUT2D eigenvalue weighted by atomic mass is 10.1. The first kappa shape index (κ1) is 12.0. The number of nitrogens with zero attached hydrogens (tertiary/aromatic N) is 1. The number of rotatable bonds is 4. The number of hydrogen-bond donors (Lipinski definition) is 1. The standard InChI is InChI=1S/C14H20N2O/c1-4-16(11-6-7-11)14(17)12-8-5-10(2)9-13(12)15-3/h5,8-9,11,15H,4,6-7H2,1-3H3. The molecule has 0 unspecified atom stereocenters. The van der Waals surface area contributed by atoms with Crippen LogP contribution in [0.1, 0.15) is 35.7 Å². The largest absolute Gasteiger partial charge is 0.387 e. The van der Waals surface area contributed by atoms with Gasteiger partial charge < -0.3 is 10.2 Å². The molecule has 1 saturated carbocycles. The average molecular weight is 232 g/mol. The minimum Gasteiger partial charge on any atom is -0.387 e. The van der Waals surface area contributed by atoms with Crippen LogP contribution >= 0.6 is 0 Å². The van der Waals surface area contributed by atoms with Gasteiger partial charge in [0.1, 0.15) is 0 Å². The summed E-state index contributed by atoms with van der Waals surface area (Å²) in [5, 5.41) is 3.11. The molecule has 92 valence electrons. The number of amides is 1. The molecule has 0 radical (unpaired) electrons. The molecular formula is C14H20N2O. The third-order valence-corrected chi connectivity index (χ3v) is 3.26. The van der Waals surface area contributed by atoms with E-state index in [9.17, 15) is 4.79 Å². The molecule has 0 heterocycles. The molecule has 0 spiro atoms. The van der Waals surface area contributed by atoms with Gasteiger partial charge in [0.15, 0.2) is 0 Å². The minimum absolute atomic E-state index is 0.152. The first-order valence-corrected chi connectivity index (χ1v) is 6.26. The fraction of sp³-hybridized carbons (Fsp3) is 0.500. The topological polar surface area (TPSA) is 32.3 Å². The van der Waals surface area contributed by atoms with E-state index in [4.69, 9.17) is 0 Å². The molecule has 0 saturated heterocycles. The lowest BCUT2D eigenvalue weighted by Crippen LogP contribution is -2.33. The van der Waals surface area contributed by atoms with Gasteiger partial charge in [-0.3, -0.25) is 4.79 Å². The van der Waals surface area contributed by atoms with Crippen LogP contribution in [0.5, 0.6) is 0 Å². The molecule has 1 amide bonds. The second-order valence-electron chi connectivity index (χ2n) is 4.62. The van der Waals surface area contributed by atoms with Gasteiger partial charge in [-0.15, -0.1) is 0 Å². The van der Waals surface area contributed by atoms with Gasteiger partial charge in [0, 0.05) is 25.3 Å². The Morgan fingerprint density at radius 2 is 2.18 bits per heavy atom. The Hall–Kier alpha value is -1.51. The number of benzene rings is 1. The summed E-state index contributed by atoms with van der Waals surface area (Å²) in [6.07, 6.45) is 2.31. The highest BCUT2D eigenvalue weighted by Gasteiger charge is 2.32. The molecule has 17 heavy (non-hydrogen) atoms. The Morgan fingerprint density at radius 3 is 2.71 bits per heavy atom. The fourth-order valence-electron chi connectivity index (χ4n) is 2.16. The van der Waals surface area contributed by atoms with E-state index in [1.807, 2.05) is 44.0 Å². The summed E-state index contributed by atoms with van der Waals surface area (Å²) < 4.78 is 0. The van der Waals surface area contributed by atoms with Crippen molar-refractivity contribution in [3.8, 4) is 0 Å². The van der Waals surface area contributed by atoms with Gasteiger partial charge in [-0.2, -0.15) is 0 Å². The summed E-state index contributed by atoms with van der Waals surface area (Å²) >= 11 is 0. The normalized spacial score (nSPS) is 14.5. The van der Waals surface area contributed by atoms with E-state index in [0.29, 0.717) is 6.04 Å². The van der Waals surface area contributed by atoms with Crippen molar-refractivity contribution in [2.24, 2.45) is 0 Å². The van der Waals surface area contributed by atoms with Crippen LogP contribution in [0, 0.1) is 6.92 Å². The zero-order valence-electron chi connectivity index (χ0n) is 10.8. The first-order valence-electron chi connectivity index (χ1n) is 6.26. The molecule has 1 aromatic carbocycles. The Labute approximate surface area is 103 Å². The predicted molar refractivity (Wildman–Crippen MR) is 70.5 cm³/mol. The zero-order chi connectivity index (χ0) is 12.4. The highest BCUT2D eigenvalue weighted by Crippen LogP contribution is 2.29. The lowest BCUT2D eigenvalue weighted by Gasteiger charge is -2.22. The Bertz CT molecular complexity index is 424. The summed E-state index contributed by atoms with van der Waals surface area (Å²) in [5.74, 6) is 0.152. The SMILES string of the molecule is CCN(C(=O)c1ccc(C)cc1NC)C1CC1. The Kier molecular flexibility index (Phi) is 3.36. The second kappa shape index (κ2) is 4.78. The molecular weight excluding hydrogens is 212 g/mol. The molecule has 0 aromatic heterocycles. The van der Waals surface area contributed by atoms with Crippen LogP contribution in [0.2, 0.25) is 0 Å². The maximum absolute atomic E-state index is 12.4. The number of hydrogen-bond acceptors (Lipinski definition) is 2. The summed E-state index contributed by atoms with van der Waals surface area (Å²) in [7, 11) is 1.86. The number of nitrogens with one attached hydrogen (secondary N) is 1. The minimum atomic E-state index is 0.152. The van der Waals surface area contributed by atoms with Gasteiger partial charge in [-0.05, 0) is 44.4 Å². The number of carbonyl (C=O) groups is 1. The van der Waals surface area contributed by atoms with Crippen molar-refractivity contribution >= 4 is 11.6 Å². The third-order valence-electron chi connectivity index (χ3n) is 3.26. The Balaban J connectivity index is 2.28. The van der Waals surface area contributed by atoms with Crippen molar-refractivity contribution < 1.29 is 4.79 Å². The van der Waals surface area contributed by atoms with E-state index >= 15 is 0 Å². The van der Waals surface area contributed by atoms with Gasteiger partial charge in [0.2, 0.25) is 0 Å². The maximum Gasteiger partial charge on any atom is 0.256 e. The van der Waals surface area contributed by atoms with E-state index in [0.717, 1.165) is 30.6 Å². The lowest BCUT2D eigenvalue weighted by molar-refractivity contribution is 0.0753. The smallest absolute Gasteiger partial charge is 0.256 e. The average Bonchev–Trinajstić information content (AvgIpc) is 3.14. The van der Waals surface area contributed by atoms with Gasteiger partial charge in [0.25, 0.3) is 5.91 Å². The van der Waals surface area contributed by atoms with Gasteiger partial charge in [0.05, 0.1) is 5.56 Å². The van der Waals surface area contributed by atoms with Gasteiger partial charge >= 0.3 is 0 Å². The van der Waals surface area contributed by atoms with E-state index in [1.54, 1.807) is 0 Å². The van der Waals surface area contributed by atoms with Crippen LogP contribution in [-0.4, -0.2) is 30.4 Å². The van der Waals surface area contributed by atoms with Crippen molar-refractivity contribution in [3.63, 3.8) is 0 Å². The van der Waals surface area contributed by atoms with Crippen LogP contribution in [0.3, 0.4) is 0 Å². The van der Waals surface area contributed by atoms with Crippen LogP contribution in [-0.2, 0) is 0 Å². The van der Waals surface area contributed by atoms with Crippen molar-refractivity contribution in [1.82, 2.24) is 4.90 Å². The second-order valence-corrected chi connectivity index (χ2v) is 4.62. The molecule has 0 atom stereocenters. The molecule has 0 aliphatic heterocycles. The highest BCUT2D eigenvalue weighted by atomic mass is 16.2. The van der Waals surface area contributed by atoms with Crippen molar-refractivity contribution in [1.29, 1.82) is 0 Å². The van der Waals surface area contributed by atoms with Crippen LogP contribution < -0.4 is 5.32 Å². The molecule has 2 rings (SSSR count). The summed E-state index contributed by atoms with van der Waals surface area (Å²) in [5.41, 5.74) is 2.88. The molecule has 1 N–H and O–H groups in total. The van der Waals surface area contributed by atoms with Crippen molar-refractivity contribution in [2.75, 3.05) is 18.9 Å². The fourth-order valence-corrected chi connectivity index (χ4v) is 2.16. The molecule has 3 nitrogen and oxygen atoms in total. The monoisotopic (exact) mass is 232 g/mol. The van der Waals surface area contributed by atoms with Crippen LogP contribution in [0.15, 0.2) is 18.2 Å². The highest BCUT2D eigenvalue weighted by molar-refractivity contribution is 6.00. The van der Waals surface area contributed by atoms with Crippen LogP contribution in [0.25, 0.3) is 0 Å². The van der Waals surface area contributed by atoms with Crippen LogP contribution in [0.4, 0.5) is 5.69 Å². The third kappa shape index (κ3) is 2.43. The van der Waals surface area contributed by atoms with Crippen molar-refractivity contribution in [3.05, 3.63) is 29.3 Å². The predicted octanol–water partition coefficient (Wildman–Crippen LogP) is 2.66. The van der Waals surface area contributed by atoms with E-state index in [2.05, 4.69) is 5.32 Å². The molecule has 3 heteroatoms. The quantitative estimate of drug-likeness (QED) is 0.865. The number of aryl methyl sites for hydroxylation is 1. The molecule has 1 fully saturated rings. The van der Waals surface area contributed by atoms with E-state index in [-0.39, 0.29) is 5.91 Å².